The smallest absolute Gasteiger partial charge is 0.160 e. The van der Waals surface area contributed by atoms with Crippen LogP contribution in [0.3, 0.4) is 0 Å². The number of ketones is 2. The first-order valence-corrected chi connectivity index (χ1v) is 9.51. The Morgan fingerprint density at radius 1 is 1.17 bits per heavy atom. The Labute approximate surface area is 144 Å². The number of carbonyl (C=O) groups excluding carboxylic acids is 2. The average Bonchev–Trinajstić information content (AvgIpc) is 2.80. The minimum absolute atomic E-state index is 0.103. The molecule has 0 spiro atoms. The second-order valence-corrected chi connectivity index (χ2v) is 9.00. The third kappa shape index (κ3) is 1.96. The minimum atomic E-state index is -0.287. The second-order valence-electron chi connectivity index (χ2n) is 9.00. The van der Waals surface area contributed by atoms with Gasteiger partial charge < -0.3 is 5.11 Å². The molecule has 1 N–H and O–H groups in total. The number of aliphatic hydroxyl groups excluding tert-OH is 1. The molecule has 0 aromatic heterocycles. The van der Waals surface area contributed by atoms with E-state index >= 15 is 0 Å². The van der Waals surface area contributed by atoms with Crippen molar-refractivity contribution >= 4 is 11.6 Å². The average molecular weight is 328 g/mol. The van der Waals surface area contributed by atoms with Crippen LogP contribution in [0.2, 0.25) is 0 Å². The predicted octanol–water partition coefficient (Wildman–Crippen LogP) is 4.39. The molecule has 3 nitrogen and oxygen atoms in total. The maximum atomic E-state index is 13.1. The van der Waals surface area contributed by atoms with Crippen molar-refractivity contribution in [3.8, 4) is 0 Å². The summed E-state index contributed by atoms with van der Waals surface area (Å²) in [6.45, 7) is 4.51. The summed E-state index contributed by atoms with van der Waals surface area (Å²) >= 11 is 0. The molecule has 0 aliphatic heterocycles. The molecule has 0 heterocycles. The van der Waals surface area contributed by atoms with Gasteiger partial charge in [-0.1, -0.05) is 26.7 Å². The van der Waals surface area contributed by atoms with E-state index in [4.69, 9.17) is 0 Å². The number of Topliss-reactive ketones (excluding diaryl/α,β-unsaturated/α-hetero) is 1. The van der Waals surface area contributed by atoms with E-state index in [1.807, 2.05) is 0 Å². The highest BCUT2D eigenvalue weighted by molar-refractivity contribution is 6.01. The molecule has 3 fully saturated rings. The van der Waals surface area contributed by atoms with Gasteiger partial charge in [0.1, 0.15) is 5.78 Å². The Morgan fingerprint density at radius 3 is 2.71 bits per heavy atom. The summed E-state index contributed by atoms with van der Waals surface area (Å²) in [4.78, 5) is 25.9. The zero-order valence-electron chi connectivity index (χ0n) is 14.8. The van der Waals surface area contributed by atoms with Crippen LogP contribution in [0.4, 0.5) is 0 Å². The minimum Gasteiger partial charge on any atom is -0.516 e. The number of hydrogen-bond acceptors (Lipinski definition) is 3. The van der Waals surface area contributed by atoms with Crippen LogP contribution < -0.4 is 0 Å². The molecular formula is C21H28O3. The molecule has 0 aromatic rings. The van der Waals surface area contributed by atoms with Crippen LogP contribution in [-0.2, 0) is 9.59 Å². The highest BCUT2D eigenvalue weighted by atomic mass is 16.2. The highest BCUT2D eigenvalue weighted by Crippen LogP contribution is 2.64. The second kappa shape index (κ2) is 5.31. The summed E-state index contributed by atoms with van der Waals surface area (Å²) in [7, 11) is 0. The fourth-order valence-electron chi connectivity index (χ4n) is 6.74. The van der Waals surface area contributed by atoms with Crippen LogP contribution in [0, 0.1) is 34.5 Å². The Balaban J connectivity index is 1.74. The van der Waals surface area contributed by atoms with Crippen molar-refractivity contribution in [2.45, 2.75) is 58.8 Å². The van der Waals surface area contributed by atoms with Crippen LogP contribution in [0.5, 0.6) is 0 Å². The van der Waals surface area contributed by atoms with Gasteiger partial charge in [-0.25, -0.2) is 0 Å². The molecule has 4 aliphatic rings. The van der Waals surface area contributed by atoms with Gasteiger partial charge in [0.05, 0.1) is 6.26 Å². The van der Waals surface area contributed by atoms with Gasteiger partial charge in [0, 0.05) is 23.7 Å². The van der Waals surface area contributed by atoms with Crippen molar-refractivity contribution in [2.24, 2.45) is 34.5 Å². The molecule has 0 aromatic carbocycles. The molecule has 0 amide bonds. The zero-order valence-corrected chi connectivity index (χ0v) is 14.8. The number of aliphatic hydroxyl groups is 1. The van der Waals surface area contributed by atoms with Crippen molar-refractivity contribution in [1.29, 1.82) is 0 Å². The molecule has 0 saturated heterocycles. The normalized spacial score (nSPS) is 48.0. The maximum Gasteiger partial charge on any atom is 0.160 e. The van der Waals surface area contributed by atoms with Gasteiger partial charge in [0.15, 0.2) is 5.78 Å². The molecule has 6 atom stereocenters. The summed E-state index contributed by atoms with van der Waals surface area (Å²) < 4.78 is 0. The lowest BCUT2D eigenvalue weighted by Gasteiger charge is -2.58. The molecule has 130 valence electrons. The van der Waals surface area contributed by atoms with Crippen LogP contribution >= 0.6 is 0 Å². The lowest BCUT2D eigenvalue weighted by molar-refractivity contribution is -0.157. The molecule has 4 rings (SSSR count). The van der Waals surface area contributed by atoms with Crippen molar-refractivity contribution in [3.05, 3.63) is 24.0 Å². The van der Waals surface area contributed by atoms with Crippen LogP contribution in [-0.4, -0.2) is 16.7 Å². The van der Waals surface area contributed by atoms with E-state index in [2.05, 4.69) is 13.8 Å². The van der Waals surface area contributed by atoms with Crippen molar-refractivity contribution < 1.29 is 14.7 Å². The first-order chi connectivity index (χ1) is 11.4. The SMILES string of the molecule is C[C@]12CCCCC1CC(=O)[C@@H]1[C@@H]2CC[C@]2(C)C(C=CO)=CC(=O)[C@@H]12. The first-order valence-electron chi connectivity index (χ1n) is 9.51. The van der Waals surface area contributed by atoms with Crippen molar-refractivity contribution in [1.82, 2.24) is 0 Å². The lowest BCUT2D eigenvalue weighted by Crippen LogP contribution is -2.57. The Hall–Kier alpha value is -1.38. The van der Waals surface area contributed by atoms with Gasteiger partial charge in [0.25, 0.3) is 0 Å². The molecular weight excluding hydrogens is 300 g/mol. The quantitative estimate of drug-likeness (QED) is 0.727. The summed E-state index contributed by atoms with van der Waals surface area (Å²) in [5.74, 6) is 0.983. The monoisotopic (exact) mass is 328 g/mol. The Kier molecular flexibility index (Phi) is 3.56. The summed E-state index contributed by atoms with van der Waals surface area (Å²) in [5.41, 5.74) is 0.848. The van der Waals surface area contributed by atoms with Gasteiger partial charge in [-0.3, -0.25) is 9.59 Å². The molecule has 24 heavy (non-hydrogen) atoms. The topological polar surface area (TPSA) is 54.4 Å². The van der Waals surface area contributed by atoms with Gasteiger partial charge in [-0.15, -0.1) is 0 Å². The molecule has 0 bridgehead atoms. The number of fused-ring (bicyclic) bond motifs is 5. The van der Waals surface area contributed by atoms with Crippen molar-refractivity contribution in [3.63, 3.8) is 0 Å². The van der Waals surface area contributed by atoms with E-state index in [0.29, 0.717) is 24.0 Å². The third-order valence-corrected chi connectivity index (χ3v) is 8.09. The molecule has 0 radical (unpaired) electrons. The van der Waals surface area contributed by atoms with Crippen molar-refractivity contribution in [2.75, 3.05) is 0 Å². The summed E-state index contributed by atoms with van der Waals surface area (Å²) in [5, 5.41) is 9.20. The Morgan fingerprint density at radius 2 is 1.96 bits per heavy atom. The van der Waals surface area contributed by atoms with E-state index < -0.39 is 0 Å². The van der Waals surface area contributed by atoms with E-state index in [0.717, 1.165) is 24.7 Å². The standard InChI is InChI=1S/C21H28O3/c1-20-8-4-3-5-13(20)11-16(23)18-15(20)6-9-21(2)14(7-10-22)12-17(24)19(18)21/h7,10,12-13,15,18-19,22H,3-6,8-9,11H2,1-2H3/t13?,15-,18-,19-,20-,21+/m0/s1. The fourth-order valence-corrected chi connectivity index (χ4v) is 6.74. The van der Waals surface area contributed by atoms with Gasteiger partial charge in [0.2, 0.25) is 0 Å². The maximum absolute atomic E-state index is 13.1. The lowest BCUT2D eigenvalue weighted by atomic mass is 9.44. The zero-order chi connectivity index (χ0) is 17.1. The summed E-state index contributed by atoms with van der Waals surface area (Å²) in [6, 6.07) is 0. The predicted molar refractivity (Wildman–Crippen MR) is 92.4 cm³/mol. The fraction of sp³-hybridized carbons (Fsp3) is 0.714. The molecule has 1 unspecified atom stereocenters. The first kappa shape index (κ1) is 16.1. The molecule has 3 saturated carbocycles. The van der Waals surface area contributed by atoms with Crippen LogP contribution in [0.15, 0.2) is 24.0 Å². The van der Waals surface area contributed by atoms with Crippen LogP contribution in [0.25, 0.3) is 0 Å². The molecule has 3 heteroatoms. The van der Waals surface area contributed by atoms with Gasteiger partial charge in [-0.05, 0) is 60.7 Å². The number of allylic oxidation sites excluding steroid dienone is 3. The summed E-state index contributed by atoms with van der Waals surface area (Å²) in [6.07, 6.45) is 11.9. The molecule has 4 aliphatic carbocycles. The third-order valence-electron chi connectivity index (χ3n) is 8.09. The Bertz CT molecular complexity index is 645. The van der Waals surface area contributed by atoms with E-state index in [1.54, 1.807) is 12.2 Å². The number of hydrogen-bond donors (Lipinski definition) is 1. The largest absolute Gasteiger partial charge is 0.516 e. The van der Waals surface area contributed by atoms with E-state index in [-0.39, 0.29) is 28.4 Å². The number of rotatable bonds is 1. The van der Waals surface area contributed by atoms with E-state index in [9.17, 15) is 14.7 Å². The van der Waals surface area contributed by atoms with Gasteiger partial charge >= 0.3 is 0 Å². The van der Waals surface area contributed by atoms with Gasteiger partial charge in [-0.2, -0.15) is 0 Å². The highest BCUT2D eigenvalue weighted by Gasteiger charge is 2.62. The van der Waals surface area contributed by atoms with E-state index in [1.165, 1.54) is 25.7 Å². The van der Waals surface area contributed by atoms with Crippen LogP contribution in [0.1, 0.15) is 58.8 Å². The number of carbonyl (C=O) groups is 2.